The maximum absolute atomic E-state index is 12.1. The number of carbonyl (C=O) groups is 1. The fraction of sp³-hybridized carbons (Fsp3) is 0.389. The standard InChI is InChI=1S/C18H23NO3/c1-13-5-6-14(2)17(11-13)21-10-9-18(20)19(4)12-16-8-7-15(3)22-16/h5-8,11H,9-10,12H2,1-4H3. The summed E-state index contributed by atoms with van der Waals surface area (Å²) in [6.07, 6.45) is 0.351. The predicted octanol–water partition coefficient (Wildman–Crippen LogP) is 3.63. The van der Waals surface area contributed by atoms with Gasteiger partial charge in [0.25, 0.3) is 0 Å². The third-order valence-corrected chi connectivity index (χ3v) is 3.53. The molecule has 0 bridgehead atoms. The van der Waals surface area contributed by atoms with Crippen LogP contribution in [0.4, 0.5) is 0 Å². The molecule has 0 saturated heterocycles. The molecule has 0 radical (unpaired) electrons. The van der Waals surface area contributed by atoms with E-state index in [9.17, 15) is 4.79 Å². The number of furan rings is 1. The van der Waals surface area contributed by atoms with Gasteiger partial charge >= 0.3 is 0 Å². The Kier molecular flexibility index (Phi) is 5.26. The summed E-state index contributed by atoms with van der Waals surface area (Å²) in [5.41, 5.74) is 2.23. The Morgan fingerprint density at radius 1 is 1.18 bits per heavy atom. The van der Waals surface area contributed by atoms with Gasteiger partial charge in [0, 0.05) is 7.05 Å². The average molecular weight is 301 g/mol. The molecular formula is C18H23NO3. The van der Waals surface area contributed by atoms with E-state index in [2.05, 4.69) is 0 Å². The van der Waals surface area contributed by atoms with Gasteiger partial charge in [-0.3, -0.25) is 4.79 Å². The zero-order valence-electron chi connectivity index (χ0n) is 13.7. The summed E-state index contributed by atoms with van der Waals surface area (Å²) < 4.78 is 11.2. The van der Waals surface area contributed by atoms with E-state index < -0.39 is 0 Å². The summed E-state index contributed by atoms with van der Waals surface area (Å²) in [6.45, 7) is 6.78. The van der Waals surface area contributed by atoms with Gasteiger partial charge in [0.05, 0.1) is 19.6 Å². The molecule has 1 heterocycles. The van der Waals surface area contributed by atoms with Crippen molar-refractivity contribution in [3.05, 3.63) is 53.0 Å². The van der Waals surface area contributed by atoms with Crippen LogP contribution < -0.4 is 4.74 Å². The first kappa shape index (κ1) is 16.1. The monoisotopic (exact) mass is 301 g/mol. The number of carbonyl (C=O) groups excluding carboxylic acids is 1. The molecule has 0 unspecified atom stereocenters. The highest BCUT2D eigenvalue weighted by molar-refractivity contribution is 5.75. The summed E-state index contributed by atoms with van der Waals surface area (Å²) in [4.78, 5) is 13.8. The SMILES string of the molecule is Cc1ccc(C)c(OCCC(=O)N(C)Cc2ccc(C)o2)c1. The summed E-state index contributed by atoms with van der Waals surface area (Å²) in [6, 6.07) is 9.86. The molecule has 0 aliphatic carbocycles. The van der Waals surface area contributed by atoms with Gasteiger partial charge in [-0.15, -0.1) is 0 Å². The van der Waals surface area contributed by atoms with Gasteiger partial charge in [-0.25, -0.2) is 0 Å². The minimum Gasteiger partial charge on any atom is -0.493 e. The summed E-state index contributed by atoms with van der Waals surface area (Å²) >= 11 is 0. The largest absolute Gasteiger partial charge is 0.493 e. The second-order valence-electron chi connectivity index (χ2n) is 5.63. The molecular weight excluding hydrogens is 278 g/mol. The molecule has 22 heavy (non-hydrogen) atoms. The lowest BCUT2D eigenvalue weighted by atomic mass is 10.1. The minimum absolute atomic E-state index is 0.0411. The summed E-state index contributed by atoms with van der Waals surface area (Å²) in [5.74, 6) is 2.54. The fourth-order valence-corrected chi connectivity index (χ4v) is 2.19. The van der Waals surface area contributed by atoms with E-state index >= 15 is 0 Å². The van der Waals surface area contributed by atoms with Crippen molar-refractivity contribution in [3.63, 3.8) is 0 Å². The van der Waals surface area contributed by atoms with E-state index in [1.165, 1.54) is 0 Å². The Morgan fingerprint density at radius 2 is 1.95 bits per heavy atom. The molecule has 0 saturated carbocycles. The second kappa shape index (κ2) is 7.16. The van der Waals surface area contributed by atoms with E-state index in [-0.39, 0.29) is 5.91 Å². The highest BCUT2D eigenvalue weighted by atomic mass is 16.5. The predicted molar refractivity (Wildman–Crippen MR) is 85.9 cm³/mol. The van der Waals surface area contributed by atoms with E-state index in [0.29, 0.717) is 19.6 Å². The number of amides is 1. The number of aryl methyl sites for hydroxylation is 3. The Labute approximate surface area is 131 Å². The smallest absolute Gasteiger partial charge is 0.226 e. The summed E-state index contributed by atoms with van der Waals surface area (Å²) in [5, 5.41) is 0. The molecule has 118 valence electrons. The van der Waals surface area contributed by atoms with Crippen LogP contribution in [0, 0.1) is 20.8 Å². The molecule has 4 heteroatoms. The van der Waals surface area contributed by atoms with Gasteiger partial charge in [-0.05, 0) is 50.1 Å². The van der Waals surface area contributed by atoms with Crippen molar-refractivity contribution >= 4 is 5.91 Å². The van der Waals surface area contributed by atoms with Gasteiger partial charge in [0.1, 0.15) is 17.3 Å². The van der Waals surface area contributed by atoms with Crippen molar-refractivity contribution in [1.82, 2.24) is 4.90 Å². The van der Waals surface area contributed by atoms with Crippen LogP contribution in [-0.2, 0) is 11.3 Å². The molecule has 1 amide bonds. The van der Waals surface area contributed by atoms with Gasteiger partial charge < -0.3 is 14.1 Å². The normalized spacial score (nSPS) is 10.5. The minimum atomic E-state index is 0.0411. The van der Waals surface area contributed by atoms with E-state index in [0.717, 1.165) is 28.4 Å². The van der Waals surface area contributed by atoms with Gasteiger partial charge in [-0.2, -0.15) is 0 Å². The molecule has 0 atom stereocenters. The molecule has 0 aliphatic heterocycles. The molecule has 0 aliphatic rings. The lowest BCUT2D eigenvalue weighted by Crippen LogP contribution is -2.27. The molecule has 2 aromatic rings. The number of nitrogens with zero attached hydrogens (tertiary/aromatic N) is 1. The molecule has 2 rings (SSSR count). The Hall–Kier alpha value is -2.23. The van der Waals surface area contributed by atoms with Crippen LogP contribution in [0.25, 0.3) is 0 Å². The maximum atomic E-state index is 12.1. The molecule has 0 fully saturated rings. The molecule has 4 nitrogen and oxygen atoms in total. The average Bonchev–Trinajstić information content (AvgIpc) is 2.87. The quantitative estimate of drug-likeness (QED) is 0.818. The maximum Gasteiger partial charge on any atom is 0.226 e. The van der Waals surface area contributed by atoms with Crippen molar-refractivity contribution in [3.8, 4) is 5.75 Å². The van der Waals surface area contributed by atoms with E-state index in [1.54, 1.807) is 11.9 Å². The van der Waals surface area contributed by atoms with Gasteiger partial charge in [-0.1, -0.05) is 12.1 Å². The number of ether oxygens (including phenoxy) is 1. The highest BCUT2D eigenvalue weighted by Gasteiger charge is 2.11. The number of rotatable bonds is 6. The van der Waals surface area contributed by atoms with Crippen molar-refractivity contribution in [2.75, 3.05) is 13.7 Å². The third-order valence-electron chi connectivity index (χ3n) is 3.53. The van der Waals surface area contributed by atoms with Crippen LogP contribution in [0.5, 0.6) is 5.75 Å². The Bertz CT molecular complexity index is 646. The number of benzene rings is 1. The fourth-order valence-electron chi connectivity index (χ4n) is 2.19. The Morgan fingerprint density at radius 3 is 2.64 bits per heavy atom. The topological polar surface area (TPSA) is 42.7 Å². The van der Waals surface area contributed by atoms with Crippen molar-refractivity contribution in [2.45, 2.75) is 33.7 Å². The first-order valence-electron chi connectivity index (χ1n) is 7.45. The number of hydrogen-bond donors (Lipinski definition) is 0. The zero-order valence-corrected chi connectivity index (χ0v) is 13.7. The third kappa shape index (κ3) is 4.38. The summed E-state index contributed by atoms with van der Waals surface area (Å²) in [7, 11) is 1.78. The molecule has 0 spiro atoms. The highest BCUT2D eigenvalue weighted by Crippen LogP contribution is 2.19. The van der Waals surface area contributed by atoms with Crippen LogP contribution in [0.2, 0.25) is 0 Å². The van der Waals surface area contributed by atoms with E-state index in [1.807, 2.05) is 51.1 Å². The van der Waals surface area contributed by atoms with Gasteiger partial charge in [0.15, 0.2) is 0 Å². The molecule has 1 aromatic heterocycles. The lowest BCUT2D eigenvalue weighted by Gasteiger charge is -2.16. The van der Waals surface area contributed by atoms with Crippen LogP contribution in [-0.4, -0.2) is 24.5 Å². The first-order valence-corrected chi connectivity index (χ1v) is 7.45. The molecule has 1 aromatic carbocycles. The van der Waals surface area contributed by atoms with Crippen molar-refractivity contribution in [1.29, 1.82) is 0 Å². The van der Waals surface area contributed by atoms with Crippen molar-refractivity contribution < 1.29 is 13.9 Å². The van der Waals surface area contributed by atoms with E-state index in [4.69, 9.17) is 9.15 Å². The number of hydrogen-bond acceptors (Lipinski definition) is 3. The first-order chi connectivity index (χ1) is 10.5. The van der Waals surface area contributed by atoms with Gasteiger partial charge in [0.2, 0.25) is 5.91 Å². The zero-order chi connectivity index (χ0) is 16.1. The van der Waals surface area contributed by atoms with Crippen LogP contribution >= 0.6 is 0 Å². The van der Waals surface area contributed by atoms with Crippen LogP contribution in [0.3, 0.4) is 0 Å². The molecule has 0 N–H and O–H groups in total. The second-order valence-corrected chi connectivity index (χ2v) is 5.63. The van der Waals surface area contributed by atoms with Crippen LogP contribution in [0.1, 0.15) is 29.1 Å². The van der Waals surface area contributed by atoms with Crippen molar-refractivity contribution in [2.24, 2.45) is 0 Å². The lowest BCUT2D eigenvalue weighted by molar-refractivity contribution is -0.131. The van der Waals surface area contributed by atoms with Crippen LogP contribution in [0.15, 0.2) is 34.7 Å². The Balaban J connectivity index is 1.80.